The molecule has 0 amide bonds. The van der Waals surface area contributed by atoms with E-state index in [2.05, 4.69) is 341 Å². The molecule has 0 fully saturated rings. The summed E-state index contributed by atoms with van der Waals surface area (Å²) in [6, 6.07) is 110. The van der Waals surface area contributed by atoms with Crippen LogP contribution in [0.2, 0.25) is 0 Å². The maximum absolute atomic E-state index is 5.25. The van der Waals surface area contributed by atoms with Crippen molar-refractivity contribution in [2.45, 2.75) is 36.5 Å². The minimum absolute atomic E-state index is 0.674. The summed E-state index contributed by atoms with van der Waals surface area (Å²) in [5.74, 6) is 0.674. The second-order valence-corrected chi connectivity index (χ2v) is 27.9. The first-order valence-electron chi connectivity index (χ1n) is 34.2. The smallest absolute Gasteiger partial charge is 0.0971 e. The van der Waals surface area contributed by atoms with Gasteiger partial charge in [-0.25, -0.2) is 9.97 Å². The third-order valence-electron chi connectivity index (χ3n) is 20.0. The van der Waals surface area contributed by atoms with Crippen LogP contribution in [0, 0.1) is 5.92 Å². The van der Waals surface area contributed by atoms with Crippen molar-refractivity contribution in [1.29, 1.82) is 0 Å². The van der Waals surface area contributed by atoms with Crippen LogP contribution in [-0.2, 0) is 6.42 Å². The molecule has 7 aromatic heterocycles. The van der Waals surface area contributed by atoms with Crippen molar-refractivity contribution in [3.8, 4) is 51.0 Å². The van der Waals surface area contributed by atoms with Crippen LogP contribution in [0.15, 0.2) is 337 Å². The Bertz CT molecular complexity index is 5960. The molecule has 0 N–H and O–H groups in total. The summed E-state index contributed by atoms with van der Waals surface area (Å²) < 4.78 is 12.0. The van der Waals surface area contributed by atoms with Crippen molar-refractivity contribution in [3.63, 3.8) is 0 Å². The van der Waals surface area contributed by atoms with Gasteiger partial charge in [0, 0.05) is 92.4 Å². The average molecular weight is 1320 g/mol. The quantitative estimate of drug-likeness (QED) is 0.102. The van der Waals surface area contributed by atoms with Crippen molar-refractivity contribution in [2.75, 3.05) is 0 Å². The van der Waals surface area contributed by atoms with Gasteiger partial charge in [-0.2, -0.15) is 0 Å². The van der Waals surface area contributed by atoms with Gasteiger partial charge in [0.25, 0.3) is 0 Å². The topological polar surface area (TPSA) is 50.4 Å². The van der Waals surface area contributed by atoms with Gasteiger partial charge >= 0.3 is 0 Å². The minimum Gasteiger partial charge on any atom is -0.309 e. The average Bonchev–Trinajstić information content (AvgIpc) is 1.58. The number of hydrogen-bond acceptors (Lipinski definition) is 4. The van der Waals surface area contributed by atoms with Crippen molar-refractivity contribution in [1.82, 2.24) is 32.8 Å². The zero-order valence-corrected chi connectivity index (χ0v) is 57.0. The van der Waals surface area contributed by atoms with E-state index >= 15 is 0 Å². The maximum atomic E-state index is 5.25. The summed E-state index contributed by atoms with van der Waals surface area (Å²) in [7, 11) is 0. The predicted molar refractivity (Wildman–Crippen MR) is 426 cm³/mol. The van der Waals surface area contributed by atoms with Gasteiger partial charge in [0.1, 0.15) is 0 Å². The number of benzene rings is 12. The van der Waals surface area contributed by atoms with Gasteiger partial charge in [-0.1, -0.05) is 209 Å². The zero-order valence-electron chi connectivity index (χ0n) is 55.4. The van der Waals surface area contributed by atoms with Crippen LogP contribution in [0.1, 0.15) is 25.8 Å². The Labute approximate surface area is 587 Å². The molecule has 12 aromatic carbocycles. The van der Waals surface area contributed by atoms with E-state index in [0.717, 1.165) is 94.0 Å². The molecule has 0 spiro atoms. The SMILES string of the molecule is C=CSc1ccc2c(c1)c1nc(-c3ccccc3)ccc1n2-c1cccc(-n2c3ccc(SC=C)cc3c3nc(-c4ccccc4)ccc32)c1.CCC(C)Cc1ccc(-n2c3ccc(-n4c5ccccc5c5ccccc54)cc3c3cc(-n4c5ccccc5c5ccccc54)ccc32)cc1. The van der Waals surface area contributed by atoms with Crippen molar-refractivity contribution in [3.05, 3.63) is 333 Å². The molecular weight excluding hydrogens is 1260 g/mol. The van der Waals surface area contributed by atoms with Gasteiger partial charge in [0.2, 0.25) is 0 Å². The highest BCUT2D eigenvalue weighted by atomic mass is 32.2. The summed E-state index contributed by atoms with van der Waals surface area (Å²) in [6.07, 6.45) is 2.30. The third kappa shape index (κ3) is 10.3. The Morgan fingerprint density at radius 2 is 0.650 bits per heavy atom. The van der Waals surface area contributed by atoms with Gasteiger partial charge in [0.05, 0.1) is 77.6 Å². The highest BCUT2D eigenvalue weighted by Crippen LogP contribution is 2.43. The van der Waals surface area contributed by atoms with Gasteiger partial charge in [-0.15, -0.1) is 0 Å². The third-order valence-corrected chi connectivity index (χ3v) is 21.4. The number of fused-ring (bicyclic) bond motifs is 15. The van der Waals surface area contributed by atoms with E-state index in [1.807, 2.05) is 22.9 Å². The van der Waals surface area contributed by atoms with E-state index in [1.54, 1.807) is 23.5 Å². The Morgan fingerprint density at radius 1 is 0.310 bits per heavy atom. The number of para-hydroxylation sites is 4. The fourth-order valence-electron chi connectivity index (χ4n) is 15.2. The first kappa shape index (κ1) is 60.5. The molecule has 9 heteroatoms. The van der Waals surface area contributed by atoms with E-state index < -0.39 is 0 Å². The molecule has 100 heavy (non-hydrogen) atoms. The Balaban J connectivity index is 0.000000144. The molecule has 0 aliphatic rings. The number of aromatic nitrogens is 7. The van der Waals surface area contributed by atoms with E-state index in [9.17, 15) is 0 Å². The Kier molecular flexibility index (Phi) is 15.3. The van der Waals surface area contributed by atoms with Crippen LogP contribution in [0.5, 0.6) is 0 Å². The molecule has 0 saturated carbocycles. The van der Waals surface area contributed by atoms with Crippen LogP contribution in [0.25, 0.3) is 160 Å². The molecule has 0 radical (unpaired) electrons. The number of nitrogens with zero attached hydrogens (tertiary/aromatic N) is 7. The standard InChI is InChI=1S/C47H37N3.C44H30N4S2/c1-3-31(2)28-32-20-22-33(23-21-32)48-46-26-24-34(49-42-16-8-4-12-36(42)37-13-5-9-17-43(37)49)29-40(46)41-30-35(25-27-47(41)48)50-44-18-10-6-14-38(44)39-15-7-11-19-45(39)50;1-3-49-33-18-22-39-35(27-33)43-41(24-20-37(45-43)29-12-7-5-8-13-29)47(39)31-16-11-17-32(26-31)48-40-23-19-34(50-4-2)28-36(40)44-42(48)25-21-38(46-44)30-14-9-6-10-15-30/h4-27,29-31H,3,28H2,1-2H3;3-28H,1-2H2. The highest BCUT2D eigenvalue weighted by molar-refractivity contribution is 8.02. The molecule has 0 saturated heterocycles. The summed E-state index contributed by atoms with van der Waals surface area (Å²) in [5.41, 5.74) is 24.7. The molecule has 478 valence electrons. The number of hydrogen-bond donors (Lipinski definition) is 0. The first-order valence-corrected chi connectivity index (χ1v) is 36.0. The summed E-state index contributed by atoms with van der Waals surface area (Å²) in [6.45, 7) is 12.5. The largest absolute Gasteiger partial charge is 0.309 e. The van der Waals surface area contributed by atoms with Crippen LogP contribution >= 0.6 is 23.5 Å². The van der Waals surface area contributed by atoms with Crippen LogP contribution in [-0.4, -0.2) is 32.8 Å². The molecule has 0 aliphatic carbocycles. The molecule has 1 unspecified atom stereocenters. The summed E-state index contributed by atoms with van der Waals surface area (Å²) in [4.78, 5) is 12.8. The number of pyridine rings is 2. The van der Waals surface area contributed by atoms with E-state index in [0.29, 0.717) is 5.92 Å². The molecule has 1 atom stereocenters. The molecule has 7 heterocycles. The Hall–Kier alpha value is -11.9. The van der Waals surface area contributed by atoms with Gasteiger partial charge < -0.3 is 22.8 Å². The van der Waals surface area contributed by atoms with Gasteiger partial charge in [-0.05, 0) is 180 Å². The van der Waals surface area contributed by atoms with Crippen LogP contribution < -0.4 is 0 Å². The first-order chi connectivity index (χ1) is 49.4. The van der Waals surface area contributed by atoms with Gasteiger partial charge in [0.15, 0.2) is 0 Å². The van der Waals surface area contributed by atoms with Crippen molar-refractivity contribution >= 4 is 133 Å². The summed E-state index contributed by atoms with van der Waals surface area (Å²) >= 11 is 3.24. The van der Waals surface area contributed by atoms with E-state index in [-0.39, 0.29) is 0 Å². The second kappa shape index (κ2) is 25.2. The van der Waals surface area contributed by atoms with E-state index in [4.69, 9.17) is 9.97 Å². The molecule has 19 aromatic rings. The zero-order chi connectivity index (χ0) is 67.0. The number of rotatable bonds is 14. The maximum Gasteiger partial charge on any atom is 0.0971 e. The molecule has 0 bridgehead atoms. The number of thioether (sulfide) groups is 2. The van der Waals surface area contributed by atoms with E-state index in [1.165, 1.54) is 94.5 Å². The fraction of sp³-hybridized carbons (Fsp3) is 0.0549. The fourth-order valence-corrected chi connectivity index (χ4v) is 16.3. The molecular formula is C91H67N7S2. The highest BCUT2D eigenvalue weighted by Gasteiger charge is 2.22. The predicted octanol–water partition coefficient (Wildman–Crippen LogP) is 25.0. The lowest BCUT2D eigenvalue weighted by Gasteiger charge is -2.13. The Morgan fingerprint density at radius 3 is 1.07 bits per heavy atom. The van der Waals surface area contributed by atoms with Gasteiger partial charge in [-0.3, -0.25) is 0 Å². The normalized spacial score (nSPS) is 12.1. The second-order valence-electron chi connectivity index (χ2n) is 25.8. The minimum atomic E-state index is 0.674. The van der Waals surface area contributed by atoms with Crippen LogP contribution in [0.3, 0.4) is 0 Å². The lowest BCUT2D eigenvalue weighted by Crippen LogP contribution is -1.99. The monoisotopic (exact) mass is 1320 g/mol. The molecule has 7 nitrogen and oxygen atoms in total. The van der Waals surface area contributed by atoms with Crippen molar-refractivity contribution in [2.24, 2.45) is 5.92 Å². The lowest BCUT2D eigenvalue weighted by atomic mass is 9.99. The molecule has 19 rings (SSSR count). The molecule has 0 aliphatic heterocycles. The summed E-state index contributed by atoms with van der Waals surface area (Å²) in [5, 5.41) is 13.5. The van der Waals surface area contributed by atoms with Crippen LogP contribution in [0.4, 0.5) is 0 Å². The lowest BCUT2D eigenvalue weighted by molar-refractivity contribution is 0.560. The van der Waals surface area contributed by atoms with Crippen molar-refractivity contribution < 1.29 is 0 Å².